The molecule has 3 aromatic carbocycles. The van der Waals surface area contributed by atoms with Gasteiger partial charge in [-0.25, -0.2) is 4.98 Å². The van der Waals surface area contributed by atoms with E-state index in [1.165, 1.54) is 3.58 Å². The third kappa shape index (κ3) is 5.01. The topological polar surface area (TPSA) is 54.0 Å². The van der Waals surface area contributed by atoms with Crippen molar-refractivity contribution in [1.29, 1.82) is 0 Å². The summed E-state index contributed by atoms with van der Waals surface area (Å²) in [7, 11) is 0. The molecule has 4 aromatic rings. The SMILES string of the molecule is [CH3][Sn]([CH3])([CH3])[c]1cccc(C(=O)NCCCNc2c3ccccc3nc3ccccc23)c1. The molecule has 2 N–H and O–H groups in total. The molecule has 0 saturated heterocycles. The van der Waals surface area contributed by atoms with E-state index in [1.54, 1.807) is 0 Å². The molecule has 1 amide bonds. The molecular weight excluding hydrogens is 489 g/mol. The van der Waals surface area contributed by atoms with Crippen molar-refractivity contribution in [2.45, 2.75) is 21.2 Å². The minimum absolute atomic E-state index is 0.0113. The third-order valence-electron chi connectivity index (χ3n) is 5.52. The van der Waals surface area contributed by atoms with Gasteiger partial charge in [0.1, 0.15) is 0 Å². The van der Waals surface area contributed by atoms with Gasteiger partial charge in [-0.05, 0) is 12.1 Å². The second kappa shape index (κ2) is 9.26. The van der Waals surface area contributed by atoms with Crippen LogP contribution in [0.5, 0.6) is 0 Å². The van der Waals surface area contributed by atoms with E-state index >= 15 is 0 Å². The summed E-state index contributed by atoms with van der Waals surface area (Å²) in [5, 5.41) is 8.90. The molecule has 31 heavy (non-hydrogen) atoms. The molecule has 0 radical (unpaired) electrons. The van der Waals surface area contributed by atoms with Crippen LogP contribution in [0.25, 0.3) is 21.8 Å². The van der Waals surface area contributed by atoms with Crippen LogP contribution in [0.1, 0.15) is 16.8 Å². The molecule has 5 heteroatoms. The Morgan fingerprint density at radius 1 is 0.839 bits per heavy atom. The molecule has 0 unspecified atom stereocenters. The number of pyridine rings is 1. The number of benzene rings is 3. The van der Waals surface area contributed by atoms with Gasteiger partial charge in [-0.3, -0.25) is 0 Å². The number of carbonyl (C=O) groups is 1. The van der Waals surface area contributed by atoms with Crippen LogP contribution in [0.15, 0.2) is 72.8 Å². The second-order valence-electron chi connectivity index (χ2n) is 8.89. The molecule has 0 spiro atoms. The monoisotopic (exact) mass is 519 g/mol. The summed E-state index contributed by atoms with van der Waals surface area (Å²) in [6.07, 6.45) is 0.842. The summed E-state index contributed by atoms with van der Waals surface area (Å²) in [4.78, 5) is 24.5. The van der Waals surface area contributed by atoms with Gasteiger partial charge in [0.05, 0.1) is 0 Å². The Hall–Kier alpha value is -2.60. The predicted molar refractivity (Wildman–Crippen MR) is 134 cm³/mol. The first kappa shape index (κ1) is 21.6. The first-order valence-electron chi connectivity index (χ1n) is 10.8. The van der Waals surface area contributed by atoms with Crippen LogP contribution in [0.4, 0.5) is 5.69 Å². The summed E-state index contributed by atoms with van der Waals surface area (Å²) in [5.74, 6) is 0.0113. The molecule has 1 heterocycles. The molecule has 0 aliphatic carbocycles. The Morgan fingerprint density at radius 3 is 2.13 bits per heavy atom. The average Bonchev–Trinajstić information content (AvgIpc) is 2.77. The number of aromatic nitrogens is 1. The van der Waals surface area contributed by atoms with E-state index in [9.17, 15) is 4.79 Å². The summed E-state index contributed by atoms with van der Waals surface area (Å²) >= 11 is -2.18. The molecule has 0 saturated carbocycles. The van der Waals surface area contributed by atoms with E-state index in [0.29, 0.717) is 6.54 Å². The second-order valence-corrected chi connectivity index (χ2v) is 23.4. The van der Waals surface area contributed by atoms with Crippen LogP contribution in [-0.2, 0) is 0 Å². The summed E-state index contributed by atoms with van der Waals surface area (Å²) in [6, 6.07) is 24.6. The van der Waals surface area contributed by atoms with Crippen molar-refractivity contribution in [2.75, 3.05) is 18.4 Å². The molecule has 1 aromatic heterocycles. The van der Waals surface area contributed by atoms with Gasteiger partial charge in [0.15, 0.2) is 0 Å². The number of hydrogen-bond acceptors (Lipinski definition) is 3. The van der Waals surface area contributed by atoms with Gasteiger partial charge < -0.3 is 0 Å². The number of nitrogens with zero attached hydrogens (tertiary/aromatic N) is 1. The molecule has 0 fully saturated rings. The summed E-state index contributed by atoms with van der Waals surface area (Å²) in [5.41, 5.74) is 3.85. The van der Waals surface area contributed by atoms with E-state index in [1.807, 2.05) is 48.5 Å². The van der Waals surface area contributed by atoms with E-state index < -0.39 is 18.4 Å². The molecule has 0 aliphatic rings. The van der Waals surface area contributed by atoms with Crippen LogP contribution in [0, 0.1) is 0 Å². The Balaban J connectivity index is 1.39. The molecule has 4 nitrogen and oxygen atoms in total. The zero-order valence-electron chi connectivity index (χ0n) is 18.4. The van der Waals surface area contributed by atoms with Crippen molar-refractivity contribution in [3.05, 3.63) is 78.4 Å². The van der Waals surface area contributed by atoms with Crippen LogP contribution < -0.4 is 14.2 Å². The number of anilines is 1. The molecule has 0 aliphatic heterocycles. The van der Waals surface area contributed by atoms with Crippen molar-refractivity contribution in [3.8, 4) is 0 Å². The zero-order chi connectivity index (χ0) is 21.8. The third-order valence-corrected chi connectivity index (χ3v) is 11.4. The Kier molecular flexibility index (Phi) is 6.46. The quantitative estimate of drug-likeness (QED) is 0.202. The van der Waals surface area contributed by atoms with Gasteiger partial charge in [0.25, 0.3) is 0 Å². The van der Waals surface area contributed by atoms with E-state index in [0.717, 1.165) is 46.0 Å². The fourth-order valence-corrected chi connectivity index (χ4v) is 7.14. The first-order valence-corrected chi connectivity index (χ1v) is 20.8. The van der Waals surface area contributed by atoms with Gasteiger partial charge in [0.2, 0.25) is 0 Å². The summed E-state index contributed by atoms with van der Waals surface area (Å²) in [6.45, 7) is 1.41. The van der Waals surface area contributed by atoms with Crippen molar-refractivity contribution < 1.29 is 4.79 Å². The van der Waals surface area contributed by atoms with Crippen LogP contribution >= 0.6 is 0 Å². The van der Waals surface area contributed by atoms with Crippen molar-refractivity contribution in [3.63, 3.8) is 0 Å². The van der Waals surface area contributed by atoms with E-state index in [2.05, 4.69) is 49.7 Å². The fraction of sp³-hybridized carbons (Fsp3) is 0.231. The van der Waals surface area contributed by atoms with E-state index in [4.69, 9.17) is 4.98 Å². The maximum atomic E-state index is 12.6. The number of fused-ring (bicyclic) bond motifs is 2. The molecular formula is C26H29N3OSn. The first-order chi connectivity index (χ1) is 14.9. The predicted octanol–water partition coefficient (Wildman–Crippen LogP) is 5.17. The Morgan fingerprint density at radius 2 is 1.48 bits per heavy atom. The normalized spacial score (nSPS) is 11.6. The van der Waals surface area contributed by atoms with Crippen molar-refractivity contribution in [2.24, 2.45) is 0 Å². The van der Waals surface area contributed by atoms with Crippen LogP contribution in [0.2, 0.25) is 14.8 Å². The number of hydrogen-bond donors (Lipinski definition) is 2. The van der Waals surface area contributed by atoms with E-state index in [-0.39, 0.29) is 5.91 Å². The summed E-state index contributed by atoms with van der Waals surface area (Å²) < 4.78 is 1.38. The average molecular weight is 518 g/mol. The number of nitrogens with one attached hydrogen (secondary N) is 2. The Labute approximate surface area is 188 Å². The van der Waals surface area contributed by atoms with Crippen molar-refractivity contribution >= 4 is 55.4 Å². The maximum absolute atomic E-state index is 12.6. The fourth-order valence-electron chi connectivity index (χ4n) is 3.76. The van der Waals surface area contributed by atoms with Gasteiger partial charge in [-0.15, -0.1) is 0 Å². The Bertz CT molecular complexity index is 1180. The van der Waals surface area contributed by atoms with Gasteiger partial charge >= 0.3 is 147 Å². The number of para-hydroxylation sites is 2. The molecule has 4 rings (SSSR count). The van der Waals surface area contributed by atoms with Crippen LogP contribution in [-0.4, -0.2) is 42.4 Å². The van der Waals surface area contributed by atoms with Gasteiger partial charge in [0, 0.05) is 0 Å². The van der Waals surface area contributed by atoms with Crippen LogP contribution in [0.3, 0.4) is 0 Å². The zero-order valence-corrected chi connectivity index (χ0v) is 21.3. The molecule has 0 atom stereocenters. The number of amides is 1. The molecule has 158 valence electrons. The standard InChI is InChI=1S/C23H20N3O.3CH3.Sn/c27-23(17-9-2-1-3-10-17)25-16-8-15-24-22-18-11-4-6-13-20(18)26-21-14-7-5-12-19(21)22;;;;/h1-2,4-7,9-14H,8,15-16H2,(H,24,26)(H,25,27);3*1H3;. The van der Waals surface area contributed by atoms with Crippen molar-refractivity contribution in [1.82, 2.24) is 10.3 Å². The molecule has 0 bridgehead atoms. The van der Waals surface area contributed by atoms with Gasteiger partial charge in [-0.2, -0.15) is 0 Å². The van der Waals surface area contributed by atoms with Gasteiger partial charge in [-0.1, -0.05) is 24.3 Å². The number of rotatable bonds is 7. The number of carbonyl (C=O) groups excluding carboxylic acids is 1. The minimum atomic E-state index is -2.18.